The van der Waals surface area contributed by atoms with Gasteiger partial charge in [0.15, 0.2) is 11.5 Å². The summed E-state index contributed by atoms with van der Waals surface area (Å²) in [6.07, 6.45) is 5.13. The first-order chi connectivity index (χ1) is 10.6. The number of amides is 1. The van der Waals surface area contributed by atoms with E-state index in [0.29, 0.717) is 21.6 Å². The SMILES string of the molecule is CCCCCOc1ccc(C=C2SC(=S)NC2=O)cc1OC.[NaH]. The van der Waals surface area contributed by atoms with Crippen LogP contribution in [0.3, 0.4) is 0 Å². The van der Waals surface area contributed by atoms with Crippen molar-refractivity contribution in [1.82, 2.24) is 5.32 Å². The first-order valence-corrected chi connectivity index (χ1v) is 8.42. The standard InChI is InChI=1S/C16H19NO3S2.Na.H/c1-3-4-5-8-20-12-7-6-11(9-13(12)19-2)10-14-15(18)17-16(21)22-14;;/h6-7,9-10H,3-5,8H2,1-2H3,(H,17,18,21);;. The predicted octanol–water partition coefficient (Wildman–Crippen LogP) is 3.10. The van der Waals surface area contributed by atoms with Gasteiger partial charge in [0, 0.05) is 0 Å². The van der Waals surface area contributed by atoms with Crippen LogP contribution in [0, 0.1) is 0 Å². The number of unbranched alkanes of at least 4 members (excludes halogenated alkanes) is 2. The van der Waals surface area contributed by atoms with Gasteiger partial charge in [-0.05, 0) is 30.2 Å². The first-order valence-electron chi connectivity index (χ1n) is 7.19. The third-order valence-electron chi connectivity index (χ3n) is 3.13. The molecule has 7 heteroatoms. The summed E-state index contributed by atoms with van der Waals surface area (Å²) in [4.78, 5) is 12.3. The Morgan fingerprint density at radius 2 is 2.09 bits per heavy atom. The van der Waals surface area contributed by atoms with Gasteiger partial charge in [-0.15, -0.1) is 0 Å². The monoisotopic (exact) mass is 361 g/mol. The van der Waals surface area contributed by atoms with Crippen molar-refractivity contribution in [2.24, 2.45) is 0 Å². The first kappa shape index (κ1) is 20.5. The van der Waals surface area contributed by atoms with Gasteiger partial charge in [-0.2, -0.15) is 0 Å². The maximum absolute atomic E-state index is 11.7. The van der Waals surface area contributed by atoms with Gasteiger partial charge in [0.1, 0.15) is 4.32 Å². The molecule has 0 unspecified atom stereocenters. The average Bonchev–Trinajstić information content (AvgIpc) is 2.82. The summed E-state index contributed by atoms with van der Waals surface area (Å²) in [6, 6.07) is 5.63. The van der Waals surface area contributed by atoms with Crippen LogP contribution >= 0.6 is 24.0 Å². The van der Waals surface area contributed by atoms with Gasteiger partial charge < -0.3 is 14.8 Å². The van der Waals surface area contributed by atoms with Crippen LogP contribution in [0.2, 0.25) is 0 Å². The predicted molar refractivity (Wildman–Crippen MR) is 101 cm³/mol. The molecule has 0 atom stereocenters. The van der Waals surface area contributed by atoms with Gasteiger partial charge in [-0.25, -0.2) is 0 Å². The van der Waals surface area contributed by atoms with E-state index in [4.69, 9.17) is 21.7 Å². The van der Waals surface area contributed by atoms with Gasteiger partial charge >= 0.3 is 29.6 Å². The minimum atomic E-state index is -0.158. The number of methoxy groups -OCH3 is 1. The second-order valence-corrected chi connectivity index (χ2v) is 6.54. The number of hydrogen-bond donors (Lipinski definition) is 1. The Kier molecular flexibility index (Phi) is 9.24. The second kappa shape index (κ2) is 10.4. The number of carbonyl (C=O) groups is 1. The van der Waals surface area contributed by atoms with Crippen molar-refractivity contribution in [3.05, 3.63) is 28.7 Å². The average molecular weight is 361 g/mol. The molecule has 0 radical (unpaired) electrons. The van der Waals surface area contributed by atoms with Crippen molar-refractivity contribution in [3.8, 4) is 11.5 Å². The molecule has 1 aliphatic heterocycles. The summed E-state index contributed by atoms with van der Waals surface area (Å²) in [5.74, 6) is 1.23. The molecule has 1 aromatic carbocycles. The van der Waals surface area contributed by atoms with E-state index in [9.17, 15) is 4.79 Å². The molecule has 1 amide bonds. The fourth-order valence-electron chi connectivity index (χ4n) is 2.00. The summed E-state index contributed by atoms with van der Waals surface area (Å²) in [7, 11) is 1.61. The summed E-state index contributed by atoms with van der Waals surface area (Å²) in [5.41, 5.74) is 0.875. The zero-order valence-electron chi connectivity index (χ0n) is 12.7. The number of rotatable bonds is 7. The van der Waals surface area contributed by atoms with E-state index in [0.717, 1.165) is 30.6 Å². The molecule has 1 aliphatic rings. The zero-order chi connectivity index (χ0) is 15.9. The van der Waals surface area contributed by atoms with Crippen LogP contribution in [0.5, 0.6) is 11.5 Å². The Balaban J connectivity index is 0.00000264. The molecular weight excluding hydrogens is 341 g/mol. The molecule has 0 bridgehead atoms. The van der Waals surface area contributed by atoms with Gasteiger partial charge in [-0.3, -0.25) is 4.79 Å². The molecular formula is C16H20NNaO3S2. The van der Waals surface area contributed by atoms with E-state index >= 15 is 0 Å². The van der Waals surface area contributed by atoms with E-state index in [2.05, 4.69) is 12.2 Å². The normalized spacial score (nSPS) is 15.3. The molecule has 2 rings (SSSR count). The van der Waals surface area contributed by atoms with E-state index in [1.54, 1.807) is 13.2 Å². The molecule has 4 nitrogen and oxygen atoms in total. The molecule has 0 aliphatic carbocycles. The molecule has 1 N–H and O–H groups in total. The maximum atomic E-state index is 11.7. The number of thioether (sulfide) groups is 1. The van der Waals surface area contributed by atoms with Crippen molar-refractivity contribution in [2.45, 2.75) is 26.2 Å². The van der Waals surface area contributed by atoms with Crippen LogP contribution in [0.1, 0.15) is 31.7 Å². The Hall–Kier alpha value is -0.530. The van der Waals surface area contributed by atoms with Crippen LogP contribution in [0.25, 0.3) is 6.08 Å². The van der Waals surface area contributed by atoms with Crippen molar-refractivity contribution in [3.63, 3.8) is 0 Å². The molecule has 120 valence electrons. The zero-order valence-corrected chi connectivity index (χ0v) is 14.3. The number of nitrogens with one attached hydrogen (secondary N) is 1. The summed E-state index contributed by atoms with van der Waals surface area (Å²) >= 11 is 6.24. The van der Waals surface area contributed by atoms with Gasteiger partial charge in [0.2, 0.25) is 0 Å². The third kappa shape index (κ3) is 6.12. The van der Waals surface area contributed by atoms with E-state index in [-0.39, 0.29) is 35.5 Å². The number of carbonyl (C=O) groups excluding carboxylic acids is 1. The Morgan fingerprint density at radius 1 is 1.30 bits per heavy atom. The van der Waals surface area contributed by atoms with Crippen LogP contribution in [-0.4, -0.2) is 53.5 Å². The van der Waals surface area contributed by atoms with Gasteiger partial charge in [0.05, 0.1) is 18.6 Å². The second-order valence-electron chi connectivity index (χ2n) is 4.82. The van der Waals surface area contributed by atoms with Crippen molar-refractivity contribution in [2.75, 3.05) is 13.7 Å². The fourth-order valence-corrected chi connectivity index (χ4v) is 3.04. The summed E-state index contributed by atoms with van der Waals surface area (Å²) in [6.45, 7) is 2.84. The van der Waals surface area contributed by atoms with Crippen LogP contribution < -0.4 is 14.8 Å². The van der Waals surface area contributed by atoms with Crippen molar-refractivity contribution >= 4 is 69.8 Å². The third-order valence-corrected chi connectivity index (χ3v) is 4.30. The number of thiocarbonyl (C=S) groups is 1. The van der Waals surface area contributed by atoms with Crippen LogP contribution in [-0.2, 0) is 4.79 Å². The molecule has 1 fully saturated rings. The number of ether oxygens (including phenoxy) is 2. The van der Waals surface area contributed by atoms with E-state index in [1.807, 2.05) is 18.2 Å². The van der Waals surface area contributed by atoms with E-state index < -0.39 is 0 Å². The number of hydrogen-bond acceptors (Lipinski definition) is 5. The van der Waals surface area contributed by atoms with E-state index in [1.165, 1.54) is 11.8 Å². The van der Waals surface area contributed by atoms with Crippen LogP contribution in [0.15, 0.2) is 23.1 Å². The Labute approximate surface area is 168 Å². The van der Waals surface area contributed by atoms with Gasteiger partial charge in [0.25, 0.3) is 5.91 Å². The molecule has 1 heterocycles. The minimum absolute atomic E-state index is 0. The topological polar surface area (TPSA) is 47.6 Å². The number of benzene rings is 1. The van der Waals surface area contributed by atoms with Crippen molar-refractivity contribution < 1.29 is 14.3 Å². The Morgan fingerprint density at radius 3 is 2.70 bits per heavy atom. The Bertz CT molecular complexity index is 605. The van der Waals surface area contributed by atoms with Gasteiger partial charge in [-0.1, -0.05) is 49.8 Å². The molecule has 23 heavy (non-hydrogen) atoms. The summed E-state index contributed by atoms with van der Waals surface area (Å²) < 4.78 is 11.6. The molecule has 1 saturated heterocycles. The molecule has 0 spiro atoms. The molecule has 0 saturated carbocycles. The van der Waals surface area contributed by atoms with Crippen molar-refractivity contribution in [1.29, 1.82) is 0 Å². The molecule has 1 aromatic rings. The fraction of sp³-hybridized carbons (Fsp3) is 0.375. The quantitative estimate of drug-likeness (QED) is 0.350. The van der Waals surface area contributed by atoms with Crippen LogP contribution in [0.4, 0.5) is 0 Å². The molecule has 0 aromatic heterocycles. The summed E-state index contributed by atoms with van der Waals surface area (Å²) in [5, 5.41) is 2.60.